The average Bonchev–Trinajstić information content (AvgIpc) is 3.08. The predicted octanol–water partition coefficient (Wildman–Crippen LogP) is 5.20. The Hall–Kier alpha value is -2.66. The molecule has 1 amide bonds. The first-order chi connectivity index (χ1) is 14.3. The third kappa shape index (κ3) is 4.26. The summed E-state index contributed by atoms with van der Waals surface area (Å²) in [5.41, 5.74) is 4.84. The van der Waals surface area contributed by atoms with Crippen molar-refractivity contribution in [2.75, 3.05) is 18.4 Å². The van der Waals surface area contributed by atoms with Crippen molar-refractivity contribution in [1.29, 1.82) is 0 Å². The van der Waals surface area contributed by atoms with Crippen LogP contribution < -0.4 is 5.32 Å². The van der Waals surface area contributed by atoms with Gasteiger partial charge in [0.25, 0.3) is 5.91 Å². The van der Waals surface area contributed by atoms with E-state index in [1.54, 1.807) is 0 Å². The lowest BCUT2D eigenvalue weighted by molar-refractivity contribution is 0.102. The number of carbonyl (C=O) groups excluding carboxylic acids is 1. The second-order valence-corrected chi connectivity index (χ2v) is 9.29. The second-order valence-electron chi connectivity index (χ2n) is 9.29. The Labute approximate surface area is 179 Å². The zero-order valence-electron chi connectivity index (χ0n) is 18.5. The van der Waals surface area contributed by atoms with E-state index in [1.807, 2.05) is 36.4 Å². The van der Waals surface area contributed by atoms with Gasteiger partial charge in [0.15, 0.2) is 0 Å². The summed E-state index contributed by atoms with van der Waals surface area (Å²) in [6, 6.07) is 13.9. The van der Waals surface area contributed by atoms with Crippen LogP contribution in [0.1, 0.15) is 62.3 Å². The van der Waals surface area contributed by atoms with Crippen molar-refractivity contribution < 1.29 is 4.79 Å². The monoisotopic (exact) mass is 404 g/mol. The summed E-state index contributed by atoms with van der Waals surface area (Å²) in [6.45, 7) is 12.8. The molecule has 5 nitrogen and oxygen atoms in total. The Balaban J connectivity index is 1.50. The van der Waals surface area contributed by atoms with Gasteiger partial charge in [-0.05, 0) is 54.3 Å². The van der Waals surface area contributed by atoms with E-state index >= 15 is 0 Å². The zero-order valence-corrected chi connectivity index (χ0v) is 18.5. The zero-order chi connectivity index (χ0) is 21.3. The Morgan fingerprint density at radius 3 is 2.57 bits per heavy atom. The van der Waals surface area contributed by atoms with E-state index in [1.165, 1.54) is 18.4 Å². The standard InChI is InChI=1S/C25H32N4O/c1-5-6-13-28-14-15-29-22-12-11-20(16-21(22)27-23(29)17-28)26-24(30)18-7-9-19(10-8-18)25(2,3)4/h7-12,16H,5-6,13-15,17H2,1-4H3,(H,26,30). The van der Waals surface area contributed by atoms with Gasteiger partial charge in [-0.15, -0.1) is 0 Å². The van der Waals surface area contributed by atoms with Crippen molar-refractivity contribution in [1.82, 2.24) is 14.5 Å². The van der Waals surface area contributed by atoms with Crippen molar-refractivity contribution in [3.63, 3.8) is 0 Å². The van der Waals surface area contributed by atoms with Crippen molar-refractivity contribution in [3.05, 3.63) is 59.4 Å². The van der Waals surface area contributed by atoms with Gasteiger partial charge in [0.1, 0.15) is 5.82 Å². The van der Waals surface area contributed by atoms with Crippen molar-refractivity contribution >= 4 is 22.6 Å². The molecule has 2 heterocycles. The molecule has 1 aliphatic rings. The predicted molar refractivity (Wildman–Crippen MR) is 123 cm³/mol. The number of amides is 1. The van der Waals surface area contributed by atoms with Crippen molar-refractivity contribution in [2.24, 2.45) is 0 Å². The van der Waals surface area contributed by atoms with Gasteiger partial charge >= 0.3 is 0 Å². The topological polar surface area (TPSA) is 50.2 Å². The van der Waals surface area contributed by atoms with E-state index in [2.05, 4.69) is 48.5 Å². The quantitative estimate of drug-likeness (QED) is 0.636. The number of nitrogens with one attached hydrogen (secondary N) is 1. The fourth-order valence-corrected chi connectivity index (χ4v) is 4.05. The summed E-state index contributed by atoms with van der Waals surface area (Å²) in [5.74, 6) is 1.03. The molecule has 4 rings (SSSR count). The molecule has 1 aromatic heterocycles. The number of imidazole rings is 1. The van der Waals surface area contributed by atoms with E-state index < -0.39 is 0 Å². The lowest BCUT2D eigenvalue weighted by atomic mass is 9.87. The molecule has 1 aliphatic heterocycles. The maximum Gasteiger partial charge on any atom is 0.255 e. The summed E-state index contributed by atoms with van der Waals surface area (Å²) in [5, 5.41) is 3.03. The number of benzene rings is 2. The summed E-state index contributed by atoms with van der Waals surface area (Å²) in [6.07, 6.45) is 2.45. The first-order valence-electron chi connectivity index (χ1n) is 11.0. The number of fused-ring (bicyclic) bond motifs is 3. The molecule has 1 N–H and O–H groups in total. The van der Waals surface area contributed by atoms with Gasteiger partial charge in [-0.1, -0.05) is 46.2 Å². The Morgan fingerprint density at radius 1 is 1.10 bits per heavy atom. The molecule has 2 aromatic carbocycles. The molecule has 0 saturated heterocycles. The van der Waals surface area contributed by atoms with Crippen LogP contribution in [-0.2, 0) is 18.5 Å². The van der Waals surface area contributed by atoms with Crippen LogP contribution in [0.4, 0.5) is 5.69 Å². The molecule has 0 unspecified atom stereocenters. The van der Waals surface area contributed by atoms with E-state index in [0.717, 1.165) is 48.7 Å². The minimum Gasteiger partial charge on any atom is -0.326 e. The maximum atomic E-state index is 12.7. The molecule has 158 valence electrons. The number of aromatic nitrogens is 2. The average molecular weight is 405 g/mol. The van der Waals surface area contributed by atoms with Gasteiger partial charge < -0.3 is 9.88 Å². The summed E-state index contributed by atoms with van der Waals surface area (Å²) in [7, 11) is 0. The van der Waals surface area contributed by atoms with Gasteiger partial charge in [0, 0.05) is 24.3 Å². The number of hydrogen-bond donors (Lipinski definition) is 1. The highest BCUT2D eigenvalue weighted by Crippen LogP contribution is 2.25. The number of anilines is 1. The summed E-state index contributed by atoms with van der Waals surface area (Å²) >= 11 is 0. The SMILES string of the molecule is CCCCN1CCn2c(nc3cc(NC(=O)c4ccc(C(C)(C)C)cc4)ccc32)C1. The number of carbonyl (C=O) groups is 1. The second kappa shape index (κ2) is 8.23. The number of unbranched alkanes of at least 4 members (excludes halogenated alkanes) is 1. The lowest BCUT2D eigenvalue weighted by Crippen LogP contribution is -2.34. The van der Waals surface area contributed by atoms with Gasteiger partial charge in [0.05, 0.1) is 17.6 Å². The highest BCUT2D eigenvalue weighted by Gasteiger charge is 2.20. The molecular formula is C25H32N4O. The van der Waals surface area contributed by atoms with Crippen LogP contribution in [0.25, 0.3) is 11.0 Å². The lowest BCUT2D eigenvalue weighted by Gasteiger charge is -2.27. The Morgan fingerprint density at radius 2 is 1.87 bits per heavy atom. The summed E-state index contributed by atoms with van der Waals surface area (Å²) in [4.78, 5) is 20.0. The molecule has 0 fully saturated rings. The number of hydrogen-bond acceptors (Lipinski definition) is 3. The molecule has 0 saturated carbocycles. The van der Waals surface area contributed by atoms with Gasteiger partial charge in [0.2, 0.25) is 0 Å². The van der Waals surface area contributed by atoms with Crippen LogP contribution in [-0.4, -0.2) is 33.4 Å². The molecule has 5 heteroatoms. The van der Waals surface area contributed by atoms with Gasteiger partial charge in [-0.25, -0.2) is 4.98 Å². The fourth-order valence-electron chi connectivity index (χ4n) is 4.05. The molecule has 0 bridgehead atoms. The largest absolute Gasteiger partial charge is 0.326 e. The number of rotatable bonds is 5. The van der Waals surface area contributed by atoms with Crippen LogP contribution in [0, 0.1) is 0 Å². The Bertz CT molecular complexity index is 1040. The Kier molecular flexibility index (Phi) is 5.65. The fraction of sp³-hybridized carbons (Fsp3) is 0.440. The first-order valence-corrected chi connectivity index (χ1v) is 11.0. The highest BCUT2D eigenvalue weighted by molar-refractivity contribution is 6.05. The van der Waals surface area contributed by atoms with Crippen LogP contribution >= 0.6 is 0 Å². The van der Waals surface area contributed by atoms with Crippen LogP contribution in [0.3, 0.4) is 0 Å². The minimum absolute atomic E-state index is 0.0758. The molecule has 0 radical (unpaired) electrons. The molecule has 3 aromatic rings. The third-order valence-corrected chi connectivity index (χ3v) is 5.93. The molecule has 0 spiro atoms. The molecule has 0 atom stereocenters. The van der Waals surface area contributed by atoms with Crippen molar-refractivity contribution in [3.8, 4) is 0 Å². The van der Waals surface area contributed by atoms with Gasteiger partial charge in [-0.2, -0.15) is 0 Å². The van der Waals surface area contributed by atoms with Crippen LogP contribution in [0.15, 0.2) is 42.5 Å². The van der Waals surface area contributed by atoms with E-state index in [0.29, 0.717) is 5.56 Å². The third-order valence-electron chi connectivity index (χ3n) is 5.93. The molecular weight excluding hydrogens is 372 g/mol. The normalized spacial score (nSPS) is 14.7. The first kappa shape index (κ1) is 20.6. The smallest absolute Gasteiger partial charge is 0.255 e. The molecule has 0 aliphatic carbocycles. The van der Waals surface area contributed by atoms with E-state index in [9.17, 15) is 4.79 Å². The molecule has 30 heavy (non-hydrogen) atoms. The van der Waals surface area contributed by atoms with E-state index in [4.69, 9.17) is 4.98 Å². The van der Waals surface area contributed by atoms with Crippen LogP contribution in [0.5, 0.6) is 0 Å². The van der Waals surface area contributed by atoms with Gasteiger partial charge in [-0.3, -0.25) is 9.69 Å². The van der Waals surface area contributed by atoms with E-state index in [-0.39, 0.29) is 11.3 Å². The number of nitrogens with zero attached hydrogens (tertiary/aromatic N) is 3. The minimum atomic E-state index is -0.0930. The summed E-state index contributed by atoms with van der Waals surface area (Å²) < 4.78 is 2.31. The van der Waals surface area contributed by atoms with Crippen molar-refractivity contribution in [2.45, 2.75) is 59.0 Å². The highest BCUT2D eigenvalue weighted by atomic mass is 16.1. The van der Waals surface area contributed by atoms with Crippen LogP contribution in [0.2, 0.25) is 0 Å². The maximum absolute atomic E-state index is 12.7.